The van der Waals surface area contributed by atoms with Crippen molar-refractivity contribution in [2.45, 2.75) is 60.4 Å². The lowest BCUT2D eigenvalue weighted by molar-refractivity contribution is -0.152. The lowest BCUT2D eigenvalue weighted by Gasteiger charge is -2.49. The number of carbonyl (C=O) groups excluding carboxylic acids is 2. The maximum Gasteiger partial charge on any atom is 0.293 e. The third kappa shape index (κ3) is 5.04. The highest BCUT2D eigenvalue weighted by atomic mass is 32.2. The van der Waals surface area contributed by atoms with Crippen LogP contribution in [0.2, 0.25) is 0 Å². The minimum Gasteiger partial charge on any atom is -0.507 e. The lowest BCUT2D eigenvalue weighted by atomic mass is 9.76. The fraction of sp³-hybridized carbons (Fsp3) is 0.367. The number of hydrogen-bond donors (Lipinski definition) is 4. The monoisotopic (exact) mass is 578 g/mol. The van der Waals surface area contributed by atoms with Crippen molar-refractivity contribution in [2.24, 2.45) is 17.4 Å². The molecular formula is C30H34N4O6S. The number of nitrogens with zero attached hydrogens (tertiary/aromatic N) is 1. The summed E-state index contributed by atoms with van der Waals surface area (Å²) in [6, 6.07) is 15.6. The molecule has 1 heterocycles. The first-order valence-electron chi connectivity index (χ1n) is 13.7. The quantitative estimate of drug-likeness (QED) is 0.179. The number of nitrogen functional groups attached to an aromatic ring is 1. The van der Waals surface area contributed by atoms with Crippen LogP contribution in [0.15, 0.2) is 65.6 Å². The van der Waals surface area contributed by atoms with Gasteiger partial charge in [0, 0.05) is 42.3 Å². The van der Waals surface area contributed by atoms with E-state index in [0.717, 1.165) is 19.3 Å². The molecule has 1 aliphatic heterocycles. The molecule has 4 atom stereocenters. The predicted octanol–water partition coefficient (Wildman–Crippen LogP) is 2.83. The van der Waals surface area contributed by atoms with Crippen molar-refractivity contribution in [1.82, 2.24) is 4.90 Å². The summed E-state index contributed by atoms with van der Waals surface area (Å²) in [5.41, 5.74) is 13.3. The normalized spacial score (nSPS) is 22.4. The number of phenols is 1. The minimum atomic E-state index is -4.74. The van der Waals surface area contributed by atoms with E-state index >= 15 is 0 Å². The summed E-state index contributed by atoms with van der Waals surface area (Å²) in [5, 5.41) is 19.5. The first-order chi connectivity index (χ1) is 19.6. The van der Waals surface area contributed by atoms with Crippen LogP contribution >= 0.6 is 0 Å². The van der Waals surface area contributed by atoms with Crippen molar-refractivity contribution < 1.29 is 27.9 Å². The van der Waals surface area contributed by atoms with Crippen LogP contribution in [0.5, 0.6) is 5.75 Å². The molecule has 10 nitrogen and oxygen atoms in total. The average molecular weight is 579 g/mol. The molecule has 11 heteroatoms. The van der Waals surface area contributed by atoms with Gasteiger partial charge in [-0.05, 0) is 35.9 Å². The molecule has 3 aromatic carbocycles. The number of piperidine rings is 1. The third-order valence-corrected chi connectivity index (χ3v) is 10.7. The Hall–Kier alpha value is -3.96. The van der Waals surface area contributed by atoms with Gasteiger partial charge in [-0.3, -0.25) is 15.0 Å². The zero-order valence-electron chi connectivity index (χ0n) is 22.5. The Labute approximate surface area is 238 Å². The van der Waals surface area contributed by atoms with Gasteiger partial charge in [-0.25, -0.2) is 8.42 Å². The Morgan fingerprint density at radius 1 is 1.10 bits per heavy atom. The highest BCUT2D eigenvalue weighted by molar-refractivity contribution is 7.94. The van der Waals surface area contributed by atoms with Gasteiger partial charge < -0.3 is 26.2 Å². The fourth-order valence-corrected chi connectivity index (χ4v) is 8.36. The van der Waals surface area contributed by atoms with E-state index in [1.54, 1.807) is 59.5 Å². The summed E-state index contributed by atoms with van der Waals surface area (Å²) in [4.78, 5) is 24.4. The number of phenolic OH excluding ortho intramolecular Hbond substituents is 1. The number of amidine groups is 1. The molecule has 1 saturated carbocycles. The first-order valence-corrected chi connectivity index (χ1v) is 15.1. The SMILES string of the molecule is N=C(N)c1cccc(C[C@](N)(C(=O)N2CCC(OC=O)C3CCCCC32)S(=O)(=O)c2c(O)ccc3ccccc23)c1. The smallest absolute Gasteiger partial charge is 0.293 e. The molecule has 41 heavy (non-hydrogen) atoms. The Morgan fingerprint density at radius 2 is 1.85 bits per heavy atom. The molecule has 0 bridgehead atoms. The van der Waals surface area contributed by atoms with E-state index in [2.05, 4.69) is 0 Å². The average Bonchev–Trinajstić information content (AvgIpc) is 2.97. The van der Waals surface area contributed by atoms with Gasteiger partial charge in [0.25, 0.3) is 12.4 Å². The Morgan fingerprint density at radius 3 is 2.61 bits per heavy atom. The van der Waals surface area contributed by atoms with Gasteiger partial charge in [-0.2, -0.15) is 0 Å². The number of rotatable bonds is 8. The second-order valence-electron chi connectivity index (χ2n) is 10.9. The Bertz CT molecular complexity index is 1610. The highest BCUT2D eigenvalue weighted by Crippen LogP contribution is 2.41. The number of carbonyl (C=O) groups is 2. The highest BCUT2D eigenvalue weighted by Gasteiger charge is 2.54. The molecule has 0 spiro atoms. The van der Waals surface area contributed by atoms with E-state index in [9.17, 15) is 23.1 Å². The standard InChI is InChI=1S/C30H34N4O6S/c31-28(32)21-8-5-6-19(16-21)17-30(33,41(38,39)27-22-9-2-1-7-20(22)12-13-25(27)36)29(37)34-15-14-26(40-18-35)23-10-3-4-11-24(23)34/h1-2,5-9,12-13,16,18,23-24,26,36H,3-4,10-11,14-15,17,33H2,(H3,31,32)/t23?,24?,26?,30-/m1/s1. The van der Waals surface area contributed by atoms with Gasteiger partial charge in [0.1, 0.15) is 22.6 Å². The van der Waals surface area contributed by atoms with E-state index in [4.69, 9.17) is 21.6 Å². The van der Waals surface area contributed by atoms with Gasteiger partial charge >= 0.3 is 0 Å². The van der Waals surface area contributed by atoms with Gasteiger partial charge in [0.2, 0.25) is 14.7 Å². The van der Waals surface area contributed by atoms with Crippen LogP contribution in [0, 0.1) is 11.3 Å². The third-order valence-electron chi connectivity index (χ3n) is 8.48. The van der Waals surface area contributed by atoms with Crippen LogP contribution in [-0.2, 0) is 30.6 Å². The molecule has 3 unspecified atom stereocenters. The summed E-state index contributed by atoms with van der Waals surface area (Å²) in [7, 11) is -4.74. The zero-order valence-corrected chi connectivity index (χ0v) is 23.3. The fourth-order valence-electron chi connectivity index (χ4n) is 6.48. The van der Waals surface area contributed by atoms with Crippen molar-refractivity contribution in [3.05, 3.63) is 71.8 Å². The largest absolute Gasteiger partial charge is 0.507 e. The molecule has 5 rings (SSSR count). The van der Waals surface area contributed by atoms with Crippen LogP contribution in [0.25, 0.3) is 10.8 Å². The van der Waals surface area contributed by atoms with Crippen LogP contribution in [-0.4, -0.2) is 60.2 Å². The molecule has 1 amide bonds. The number of sulfone groups is 1. The Balaban J connectivity index is 1.66. The maximum absolute atomic E-state index is 14.7. The molecule has 216 valence electrons. The molecule has 1 saturated heterocycles. The van der Waals surface area contributed by atoms with Crippen molar-refractivity contribution in [2.75, 3.05) is 6.54 Å². The van der Waals surface area contributed by atoms with Crippen LogP contribution < -0.4 is 11.5 Å². The molecule has 1 aliphatic carbocycles. The zero-order chi connectivity index (χ0) is 29.4. The molecule has 0 radical (unpaired) electrons. The van der Waals surface area contributed by atoms with Crippen LogP contribution in [0.4, 0.5) is 0 Å². The van der Waals surface area contributed by atoms with Gasteiger partial charge in [-0.1, -0.05) is 61.4 Å². The minimum absolute atomic E-state index is 0.134. The summed E-state index contributed by atoms with van der Waals surface area (Å²) in [6.45, 7) is 0.596. The number of ether oxygens (including phenoxy) is 1. The number of amides is 1. The summed E-state index contributed by atoms with van der Waals surface area (Å²) in [5.74, 6) is -1.62. The summed E-state index contributed by atoms with van der Waals surface area (Å²) < 4.78 is 34.7. The lowest BCUT2D eigenvalue weighted by Crippen LogP contribution is -2.66. The number of likely N-dealkylation sites (tertiary alicyclic amines) is 1. The van der Waals surface area contributed by atoms with Crippen molar-refractivity contribution in [3.63, 3.8) is 0 Å². The van der Waals surface area contributed by atoms with Gasteiger partial charge in [0.05, 0.1) is 0 Å². The van der Waals surface area contributed by atoms with Crippen LogP contribution in [0.3, 0.4) is 0 Å². The number of hydrogen-bond acceptors (Lipinski definition) is 8. The number of nitrogens with one attached hydrogen (secondary N) is 1. The van der Waals surface area contributed by atoms with E-state index in [1.165, 1.54) is 6.07 Å². The molecule has 0 aromatic heterocycles. The van der Waals surface area contributed by atoms with E-state index in [-0.39, 0.29) is 35.8 Å². The maximum atomic E-state index is 14.7. The van der Waals surface area contributed by atoms with Crippen LogP contribution in [0.1, 0.15) is 43.2 Å². The number of nitrogens with two attached hydrogens (primary N) is 2. The van der Waals surface area contributed by atoms with Gasteiger partial charge in [-0.15, -0.1) is 0 Å². The van der Waals surface area contributed by atoms with E-state index < -0.39 is 37.7 Å². The summed E-state index contributed by atoms with van der Waals surface area (Å²) in [6.07, 6.45) is 2.71. The van der Waals surface area contributed by atoms with Crippen molar-refractivity contribution in [1.29, 1.82) is 5.41 Å². The number of aromatic hydroxyl groups is 1. The second kappa shape index (κ2) is 11.1. The summed E-state index contributed by atoms with van der Waals surface area (Å²) >= 11 is 0. The number of fused-ring (bicyclic) bond motifs is 2. The second-order valence-corrected chi connectivity index (χ2v) is 13.0. The van der Waals surface area contributed by atoms with E-state index in [1.807, 2.05) is 0 Å². The van der Waals surface area contributed by atoms with E-state index in [0.29, 0.717) is 35.8 Å². The molecule has 2 fully saturated rings. The molecule has 3 aromatic rings. The number of benzene rings is 3. The molecule has 6 N–H and O–H groups in total. The molecule has 2 aliphatic rings. The van der Waals surface area contributed by atoms with Crippen molar-refractivity contribution in [3.8, 4) is 5.75 Å². The predicted molar refractivity (Wildman–Crippen MR) is 154 cm³/mol. The Kier molecular flexibility index (Phi) is 7.76. The molecular weight excluding hydrogens is 544 g/mol. The first kappa shape index (κ1) is 28.6. The van der Waals surface area contributed by atoms with Crippen molar-refractivity contribution >= 4 is 38.8 Å². The van der Waals surface area contributed by atoms with Gasteiger partial charge in [0.15, 0.2) is 0 Å². The topological polar surface area (TPSA) is 177 Å².